The molecule has 1 aromatic rings. The van der Waals surface area contributed by atoms with Crippen LogP contribution in [0.25, 0.3) is 0 Å². The Kier molecular flexibility index (Phi) is 4.97. The average molecular weight is 345 g/mol. The molecule has 25 heavy (non-hydrogen) atoms. The molecule has 0 bridgehead atoms. The number of likely N-dealkylation sites (tertiary alicyclic amines) is 2. The zero-order valence-corrected chi connectivity index (χ0v) is 14.7. The quantitative estimate of drug-likeness (QED) is 0.913. The Morgan fingerprint density at radius 1 is 1.08 bits per heavy atom. The second-order valence-corrected chi connectivity index (χ2v) is 7.12. The van der Waals surface area contributed by atoms with Crippen molar-refractivity contribution in [3.05, 3.63) is 23.8 Å². The van der Waals surface area contributed by atoms with Crippen LogP contribution in [0.2, 0.25) is 0 Å². The Hall–Kier alpha value is -1.95. The molecule has 1 aromatic carbocycles. The van der Waals surface area contributed by atoms with E-state index in [1.165, 1.54) is 32.4 Å². The Morgan fingerprint density at radius 3 is 2.72 bits per heavy atom. The van der Waals surface area contributed by atoms with Crippen molar-refractivity contribution >= 4 is 6.03 Å². The number of piperidine rings is 1. The van der Waals surface area contributed by atoms with Crippen molar-refractivity contribution in [3.63, 3.8) is 0 Å². The van der Waals surface area contributed by atoms with Gasteiger partial charge in [-0.05, 0) is 56.5 Å². The predicted octanol–water partition coefficient (Wildman–Crippen LogP) is 2.23. The van der Waals surface area contributed by atoms with E-state index < -0.39 is 0 Å². The predicted molar refractivity (Wildman–Crippen MR) is 95.1 cm³/mol. The first kappa shape index (κ1) is 16.5. The SMILES string of the molecule is O=C(NCc1ccc2c(c1)OCCO2)N1CCC[C@H](N2CCCC2)C1. The first-order valence-corrected chi connectivity index (χ1v) is 9.45. The lowest BCUT2D eigenvalue weighted by atomic mass is 10.0. The first-order valence-electron chi connectivity index (χ1n) is 9.45. The van der Waals surface area contributed by atoms with E-state index in [9.17, 15) is 4.79 Å². The van der Waals surface area contributed by atoms with E-state index in [1.807, 2.05) is 23.1 Å². The highest BCUT2D eigenvalue weighted by atomic mass is 16.6. The topological polar surface area (TPSA) is 54.0 Å². The van der Waals surface area contributed by atoms with Gasteiger partial charge in [0.05, 0.1) is 0 Å². The molecular weight excluding hydrogens is 318 g/mol. The Bertz CT molecular complexity index is 616. The van der Waals surface area contributed by atoms with E-state index >= 15 is 0 Å². The number of amides is 2. The molecule has 6 nitrogen and oxygen atoms in total. The van der Waals surface area contributed by atoms with Crippen molar-refractivity contribution in [2.24, 2.45) is 0 Å². The van der Waals surface area contributed by atoms with E-state index in [-0.39, 0.29) is 6.03 Å². The van der Waals surface area contributed by atoms with Crippen LogP contribution in [-0.4, -0.2) is 61.3 Å². The number of hydrogen-bond acceptors (Lipinski definition) is 4. The third-order valence-electron chi connectivity index (χ3n) is 5.39. The molecule has 2 amide bonds. The third kappa shape index (κ3) is 3.84. The minimum atomic E-state index is 0.0405. The summed E-state index contributed by atoms with van der Waals surface area (Å²) in [6, 6.07) is 6.44. The van der Waals surface area contributed by atoms with E-state index in [1.54, 1.807) is 0 Å². The molecule has 0 unspecified atom stereocenters. The van der Waals surface area contributed by atoms with Crippen LogP contribution >= 0.6 is 0 Å². The summed E-state index contributed by atoms with van der Waals surface area (Å²) >= 11 is 0. The van der Waals surface area contributed by atoms with Crippen LogP contribution in [0.1, 0.15) is 31.2 Å². The lowest BCUT2D eigenvalue weighted by Gasteiger charge is -2.37. The largest absolute Gasteiger partial charge is 0.486 e. The van der Waals surface area contributed by atoms with Gasteiger partial charge in [-0.15, -0.1) is 0 Å². The van der Waals surface area contributed by atoms with Crippen LogP contribution in [0.15, 0.2) is 18.2 Å². The highest BCUT2D eigenvalue weighted by Gasteiger charge is 2.29. The number of nitrogens with one attached hydrogen (secondary N) is 1. The zero-order valence-electron chi connectivity index (χ0n) is 14.7. The maximum absolute atomic E-state index is 12.6. The summed E-state index contributed by atoms with van der Waals surface area (Å²) < 4.78 is 11.1. The van der Waals surface area contributed by atoms with E-state index in [0.717, 1.165) is 36.6 Å². The number of nitrogens with zero attached hydrogens (tertiary/aromatic N) is 2. The number of benzene rings is 1. The molecule has 1 N–H and O–H groups in total. The fourth-order valence-corrected chi connectivity index (χ4v) is 4.03. The number of carbonyl (C=O) groups excluding carboxylic acids is 1. The van der Waals surface area contributed by atoms with Crippen LogP contribution in [0.4, 0.5) is 4.79 Å². The summed E-state index contributed by atoms with van der Waals surface area (Å²) in [6.45, 7) is 5.78. The average Bonchev–Trinajstić information content (AvgIpc) is 3.21. The summed E-state index contributed by atoms with van der Waals surface area (Å²) in [5, 5.41) is 3.06. The number of fused-ring (bicyclic) bond motifs is 1. The molecule has 2 fully saturated rings. The smallest absolute Gasteiger partial charge is 0.317 e. The molecule has 0 aromatic heterocycles. The van der Waals surface area contributed by atoms with Crippen molar-refractivity contribution in [2.45, 2.75) is 38.3 Å². The molecule has 0 aliphatic carbocycles. The minimum Gasteiger partial charge on any atom is -0.486 e. The molecule has 0 saturated carbocycles. The van der Waals surface area contributed by atoms with E-state index in [2.05, 4.69) is 10.2 Å². The van der Waals surface area contributed by atoms with Crippen molar-refractivity contribution < 1.29 is 14.3 Å². The molecule has 3 heterocycles. The van der Waals surface area contributed by atoms with Crippen LogP contribution in [-0.2, 0) is 6.54 Å². The highest BCUT2D eigenvalue weighted by Crippen LogP contribution is 2.30. The molecule has 4 rings (SSSR count). The van der Waals surface area contributed by atoms with Crippen molar-refractivity contribution in [2.75, 3.05) is 39.4 Å². The Balaban J connectivity index is 1.31. The minimum absolute atomic E-state index is 0.0405. The van der Waals surface area contributed by atoms with Gasteiger partial charge in [-0.3, -0.25) is 4.90 Å². The van der Waals surface area contributed by atoms with Gasteiger partial charge in [0.1, 0.15) is 13.2 Å². The zero-order chi connectivity index (χ0) is 17.1. The Morgan fingerprint density at radius 2 is 1.88 bits per heavy atom. The van der Waals surface area contributed by atoms with Crippen molar-refractivity contribution in [1.29, 1.82) is 0 Å². The van der Waals surface area contributed by atoms with E-state index in [4.69, 9.17) is 9.47 Å². The maximum Gasteiger partial charge on any atom is 0.317 e. The van der Waals surface area contributed by atoms with Gasteiger partial charge < -0.3 is 19.7 Å². The van der Waals surface area contributed by atoms with Gasteiger partial charge >= 0.3 is 6.03 Å². The second-order valence-electron chi connectivity index (χ2n) is 7.12. The van der Waals surface area contributed by atoms with E-state index in [0.29, 0.717) is 25.8 Å². The fraction of sp³-hybridized carbons (Fsp3) is 0.632. The lowest BCUT2D eigenvalue weighted by Crippen LogP contribution is -2.51. The summed E-state index contributed by atoms with van der Waals surface area (Å²) in [4.78, 5) is 17.1. The highest BCUT2D eigenvalue weighted by molar-refractivity contribution is 5.74. The number of urea groups is 1. The third-order valence-corrected chi connectivity index (χ3v) is 5.39. The summed E-state index contributed by atoms with van der Waals surface area (Å²) in [5.41, 5.74) is 1.03. The van der Waals surface area contributed by atoms with Gasteiger partial charge in [0.2, 0.25) is 0 Å². The van der Waals surface area contributed by atoms with Crippen molar-refractivity contribution in [3.8, 4) is 11.5 Å². The monoisotopic (exact) mass is 345 g/mol. The summed E-state index contributed by atoms with van der Waals surface area (Å²) in [7, 11) is 0. The molecule has 2 saturated heterocycles. The normalized spacial score (nSPS) is 23.5. The molecule has 0 spiro atoms. The van der Waals surface area contributed by atoms with Gasteiger partial charge in [0, 0.05) is 25.7 Å². The molecule has 1 atom stereocenters. The summed E-state index contributed by atoms with van der Waals surface area (Å²) in [5.74, 6) is 1.55. The maximum atomic E-state index is 12.6. The lowest BCUT2D eigenvalue weighted by molar-refractivity contribution is 0.125. The molecule has 3 aliphatic heterocycles. The Labute approximate surface area is 149 Å². The molecule has 3 aliphatic rings. The molecule has 6 heteroatoms. The van der Waals surface area contributed by atoms with Gasteiger partial charge in [-0.1, -0.05) is 6.07 Å². The van der Waals surface area contributed by atoms with Crippen LogP contribution in [0.5, 0.6) is 11.5 Å². The first-order chi connectivity index (χ1) is 12.3. The van der Waals surface area contributed by atoms with Crippen LogP contribution < -0.4 is 14.8 Å². The second kappa shape index (κ2) is 7.52. The number of hydrogen-bond donors (Lipinski definition) is 1. The van der Waals surface area contributed by atoms with Crippen LogP contribution in [0, 0.1) is 0 Å². The summed E-state index contributed by atoms with van der Waals surface area (Å²) in [6.07, 6.45) is 4.91. The van der Waals surface area contributed by atoms with Gasteiger partial charge in [0.15, 0.2) is 11.5 Å². The van der Waals surface area contributed by atoms with Gasteiger partial charge in [-0.2, -0.15) is 0 Å². The van der Waals surface area contributed by atoms with Gasteiger partial charge in [0.25, 0.3) is 0 Å². The number of carbonyl (C=O) groups is 1. The standard InChI is InChI=1S/C19H27N3O3/c23-19(22-9-3-4-16(14-22)21-7-1-2-8-21)20-13-15-5-6-17-18(12-15)25-11-10-24-17/h5-6,12,16H,1-4,7-11,13-14H2,(H,20,23)/t16-/m0/s1. The number of ether oxygens (including phenoxy) is 2. The molecular formula is C19H27N3O3. The van der Waals surface area contributed by atoms with Gasteiger partial charge in [-0.25, -0.2) is 4.79 Å². The fourth-order valence-electron chi connectivity index (χ4n) is 4.03. The molecule has 136 valence electrons. The van der Waals surface area contributed by atoms with Crippen molar-refractivity contribution in [1.82, 2.24) is 15.1 Å². The molecule has 0 radical (unpaired) electrons. The number of rotatable bonds is 3. The van der Waals surface area contributed by atoms with Crippen LogP contribution in [0.3, 0.4) is 0 Å².